The van der Waals surface area contributed by atoms with Gasteiger partial charge in [-0.25, -0.2) is 9.37 Å². The first kappa shape index (κ1) is 20.3. The second kappa shape index (κ2) is 9.19. The molecule has 0 radical (unpaired) electrons. The fourth-order valence-electron chi connectivity index (χ4n) is 3.64. The van der Waals surface area contributed by atoms with E-state index in [1.807, 2.05) is 0 Å². The molecule has 1 aromatic heterocycles. The van der Waals surface area contributed by atoms with Gasteiger partial charge in [0.2, 0.25) is 6.41 Å². The summed E-state index contributed by atoms with van der Waals surface area (Å²) in [5, 5.41) is 3.24. The van der Waals surface area contributed by atoms with E-state index < -0.39 is 5.82 Å². The number of carbonyl (C=O) groups is 2. The molecule has 6 nitrogen and oxygen atoms in total. The van der Waals surface area contributed by atoms with Gasteiger partial charge in [0, 0.05) is 12.6 Å². The third kappa shape index (κ3) is 4.90. The molecule has 28 heavy (non-hydrogen) atoms. The standard InChI is InChI=1S/C20H23ClFN3O3/c1-13-19(23-11-28-13)20(27)24-16-5-2-14(3-6-16)8-9-25(12-26)18-7-4-15(22)10-17(18)21/h4,7,10-12,14,16H,2-3,5-6,8-9H2,1H3,(H,24,27)/t14-,16+. The minimum absolute atomic E-state index is 0.119. The van der Waals surface area contributed by atoms with Gasteiger partial charge in [-0.1, -0.05) is 11.6 Å². The van der Waals surface area contributed by atoms with Crippen molar-refractivity contribution in [2.75, 3.05) is 11.4 Å². The Balaban J connectivity index is 1.46. The van der Waals surface area contributed by atoms with Gasteiger partial charge in [-0.3, -0.25) is 9.59 Å². The summed E-state index contributed by atoms with van der Waals surface area (Å²) in [5.41, 5.74) is 0.849. The van der Waals surface area contributed by atoms with Crippen molar-refractivity contribution in [3.05, 3.63) is 46.9 Å². The van der Waals surface area contributed by atoms with Crippen LogP contribution in [0.2, 0.25) is 5.02 Å². The number of hydrogen-bond acceptors (Lipinski definition) is 4. The van der Waals surface area contributed by atoms with Crippen molar-refractivity contribution in [2.24, 2.45) is 5.92 Å². The highest BCUT2D eigenvalue weighted by Gasteiger charge is 2.25. The van der Waals surface area contributed by atoms with Gasteiger partial charge in [0.25, 0.3) is 5.91 Å². The number of amides is 2. The molecule has 2 amide bonds. The summed E-state index contributed by atoms with van der Waals surface area (Å²) in [6.45, 7) is 2.24. The summed E-state index contributed by atoms with van der Waals surface area (Å²) >= 11 is 6.05. The lowest BCUT2D eigenvalue weighted by Gasteiger charge is -2.30. The normalized spacial score (nSPS) is 19.2. The highest BCUT2D eigenvalue weighted by atomic mass is 35.5. The maximum Gasteiger partial charge on any atom is 0.273 e. The third-order valence-corrected chi connectivity index (χ3v) is 5.57. The summed E-state index contributed by atoms with van der Waals surface area (Å²) in [4.78, 5) is 29.1. The smallest absolute Gasteiger partial charge is 0.273 e. The van der Waals surface area contributed by atoms with Crippen LogP contribution in [0.3, 0.4) is 0 Å². The molecular weight excluding hydrogens is 385 g/mol. The number of aryl methyl sites for hydroxylation is 1. The summed E-state index contributed by atoms with van der Waals surface area (Å²) < 4.78 is 18.3. The molecule has 0 unspecified atom stereocenters. The number of nitrogens with one attached hydrogen (secondary N) is 1. The SMILES string of the molecule is Cc1ocnc1C(=O)N[C@H]1CC[C@@H](CCN(C=O)c2ccc(F)cc2Cl)CC1. The Morgan fingerprint density at radius 3 is 2.75 bits per heavy atom. The van der Waals surface area contributed by atoms with E-state index in [2.05, 4.69) is 10.3 Å². The van der Waals surface area contributed by atoms with Crippen molar-refractivity contribution in [1.29, 1.82) is 0 Å². The molecule has 1 fully saturated rings. The Kier molecular flexibility index (Phi) is 6.67. The summed E-state index contributed by atoms with van der Waals surface area (Å²) in [6.07, 6.45) is 6.52. The van der Waals surface area contributed by atoms with Crippen molar-refractivity contribution < 1.29 is 18.4 Å². The summed E-state index contributed by atoms with van der Waals surface area (Å²) in [7, 11) is 0. The minimum atomic E-state index is -0.430. The van der Waals surface area contributed by atoms with Crippen molar-refractivity contribution in [2.45, 2.75) is 45.1 Å². The van der Waals surface area contributed by atoms with Crippen LogP contribution >= 0.6 is 11.6 Å². The fraction of sp³-hybridized carbons (Fsp3) is 0.450. The topological polar surface area (TPSA) is 75.4 Å². The molecule has 1 aliphatic carbocycles. The molecule has 0 spiro atoms. The van der Waals surface area contributed by atoms with E-state index in [-0.39, 0.29) is 17.0 Å². The zero-order valence-corrected chi connectivity index (χ0v) is 16.4. The molecule has 1 saturated carbocycles. The molecule has 0 aliphatic heterocycles. The maximum absolute atomic E-state index is 13.2. The molecule has 3 rings (SSSR count). The Labute approximate surface area is 168 Å². The number of rotatable bonds is 7. The molecule has 1 heterocycles. The van der Waals surface area contributed by atoms with E-state index in [4.69, 9.17) is 16.0 Å². The second-order valence-corrected chi connectivity index (χ2v) is 7.54. The number of oxazole rings is 1. The van der Waals surface area contributed by atoms with E-state index >= 15 is 0 Å². The predicted octanol–water partition coefficient (Wildman–Crippen LogP) is 4.12. The van der Waals surface area contributed by atoms with Gasteiger partial charge >= 0.3 is 0 Å². The van der Waals surface area contributed by atoms with Crippen molar-refractivity contribution >= 4 is 29.6 Å². The van der Waals surface area contributed by atoms with Crippen LogP contribution < -0.4 is 10.2 Å². The molecule has 1 aliphatic rings. The van der Waals surface area contributed by atoms with Gasteiger partial charge in [0.1, 0.15) is 11.6 Å². The largest absolute Gasteiger partial charge is 0.448 e. The number of anilines is 1. The van der Waals surface area contributed by atoms with E-state index in [1.54, 1.807) is 6.92 Å². The van der Waals surface area contributed by atoms with Gasteiger partial charge < -0.3 is 14.6 Å². The highest BCUT2D eigenvalue weighted by Crippen LogP contribution is 2.30. The van der Waals surface area contributed by atoms with Crippen LogP contribution in [0.1, 0.15) is 48.4 Å². The van der Waals surface area contributed by atoms with Crippen LogP contribution in [0.5, 0.6) is 0 Å². The van der Waals surface area contributed by atoms with Crippen LogP contribution in [0, 0.1) is 18.7 Å². The molecule has 150 valence electrons. The predicted molar refractivity (Wildman–Crippen MR) is 104 cm³/mol. The quantitative estimate of drug-likeness (QED) is 0.700. The first-order chi connectivity index (χ1) is 13.5. The Morgan fingerprint density at radius 2 is 2.14 bits per heavy atom. The molecule has 1 aromatic carbocycles. The molecule has 8 heteroatoms. The van der Waals surface area contributed by atoms with Gasteiger partial charge in [0.15, 0.2) is 12.1 Å². The van der Waals surface area contributed by atoms with E-state index in [0.717, 1.165) is 38.5 Å². The van der Waals surface area contributed by atoms with E-state index in [9.17, 15) is 14.0 Å². The van der Waals surface area contributed by atoms with Gasteiger partial charge in [-0.2, -0.15) is 0 Å². The van der Waals surface area contributed by atoms with Crippen molar-refractivity contribution in [1.82, 2.24) is 10.3 Å². The Morgan fingerprint density at radius 1 is 1.39 bits per heavy atom. The third-order valence-electron chi connectivity index (χ3n) is 5.27. The van der Waals surface area contributed by atoms with Crippen molar-refractivity contribution in [3.8, 4) is 0 Å². The number of benzene rings is 1. The van der Waals surface area contributed by atoms with Crippen LogP contribution in [-0.4, -0.2) is 29.9 Å². The zero-order valence-electron chi connectivity index (χ0n) is 15.7. The fourth-order valence-corrected chi connectivity index (χ4v) is 3.91. The van der Waals surface area contributed by atoms with Crippen LogP contribution in [-0.2, 0) is 4.79 Å². The molecule has 0 atom stereocenters. The monoisotopic (exact) mass is 407 g/mol. The highest BCUT2D eigenvalue weighted by molar-refractivity contribution is 6.33. The summed E-state index contributed by atoms with van der Waals surface area (Å²) in [6, 6.07) is 4.14. The number of carbonyl (C=O) groups excluding carboxylic acids is 2. The van der Waals surface area contributed by atoms with Gasteiger partial charge in [0.05, 0.1) is 10.7 Å². The van der Waals surface area contributed by atoms with Crippen molar-refractivity contribution in [3.63, 3.8) is 0 Å². The lowest BCUT2D eigenvalue weighted by Crippen LogP contribution is -2.38. The average molecular weight is 408 g/mol. The first-order valence-corrected chi connectivity index (χ1v) is 9.73. The Hall–Kier alpha value is -2.41. The van der Waals surface area contributed by atoms with Crippen LogP contribution in [0.4, 0.5) is 10.1 Å². The van der Waals surface area contributed by atoms with E-state index in [1.165, 1.54) is 29.5 Å². The first-order valence-electron chi connectivity index (χ1n) is 9.36. The molecule has 2 aromatic rings. The molecule has 1 N–H and O–H groups in total. The Bertz CT molecular complexity index is 834. The number of halogens is 2. The number of nitrogens with zero attached hydrogens (tertiary/aromatic N) is 2. The van der Waals surface area contributed by atoms with Gasteiger partial charge in [-0.05, 0) is 63.1 Å². The van der Waals surface area contributed by atoms with Gasteiger partial charge in [-0.15, -0.1) is 0 Å². The lowest BCUT2D eigenvalue weighted by atomic mass is 9.84. The summed E-state index contributed by atoms with van der Waals surface area (Å²) in [5.74, 6) is 0.344. The lowest BCUT2D eigenvalue weighted by molar-refractivity contribution is -0.107. The second-order valence-electron chi connectivity index (χ2n) is 7.13. The zero-order chi connectivity index (χ0) is 20.1. The number of aromatic nitrogens is 1. The molecule has 0 saturated heterocycles. The molecule has 0 bridgehead atoms. The maximum atomic E-state index is 13.2. The average Bonchev–Trinajstić information content (AvgIpc) is 3.11. The molecular formula is C20H23ClFN3O3. The minimum Gasteiger partial charge on any atom is -0.448 e. The number of hydrogen-bond donors (Lipinski definition) is 1. The van der Waals surface area contributed by atoms with Crippen LogP contribution in [0.25, 0.3) is 0 Å². The van der Waals surface area contributed by atoms with E-state index in [0.29, 0.717) is 29.6 Å². The van der Waals surface area contributed by atoms with Crippen LogP contribution in [0.15, 0.2) is 29.0 Å².